The molecule has 0 unspecified atom stereocenters. The quantitative estimate of drug-likeness (QED) is 0.278. The maximum Gasteiger partial charge on any atom is 0.124 e. The van der Waals surface area contributed by atoms with Crippen LogP contribution in [0.1, 0.15) is 11.1 Å². The summed E-state index contributed by atoms with van der Waals surface area (Å²) in [7, 11) is 8.00. The van der Waals surface area contributed by atoms with E-state index in [1.807, 2.05) is 111 Å². The normalized spacial score (nSPS) is 10.5. The van der Waals surface area contributed by atoms with Crippen molar-refractivity contribution >= 4 is 35.2 Å². The van der Waals surface area contributed by atoms with E-state index in [1.54, 1.807) is 36.7 Å². The van der Waals surface area contributed by atoms with Crippen LogP contribution in [0.5, 0.6) is 11.5 Å². The molecule has 0 heterocycles. The van der Waals surface area contributed by atoms with Crippen molar-refractivity contribution in [3.8, 4) is 11.5 Å². The predicted octanol–water partition coefficient (Wildman–Crippen LogP) is 6.42. The molecule has 0 aliphatic carbocycles. The van der Waals surface area contributed by atoms with Crippen LogP contribution in [0.2, 0.25) is 0 Å². The van der Waals surface area contributed by atoms with Crippen LogP contribution >= 0.6 is 0 Å². The first-order valence-electron chi connectivity index (χ1n) is 11.5. The van der Waals surface area contributed by atoms with E-state index in [2.05, 4.69) is 9.98 Å². The molecule has 0 bridgehead atoms. The molecule has 37 heavy (non-hydrogen) atoms. The molecular weight excluding hydrogens is 507 g/mol. The fourth-order valence-electron chi connectivity index (χ4n) is 3.16. The number of aliphatic imine (C=N–C) groups is 2. The summed E-state index contributed by atoms with van der Waals surface area (Å²) in [5.74, 6) is 0.484. The van der Waals surface area contributed by atoms with Crippen LogP contribution in [0, 0.1) is 0 Å². The topological polar surface area (TPSA) is 71.7 Å². The van der Waals surface area contributed by atoms with Gasteiger partial charge in [0.05, 0.1) is 11.4 Å². The molecule has 2 N–H and O–H groups in total. The van der Waals surface area contributed by atoms with E-state index >= 15 is 0 Å². The summed E-state index contributed by atoms with van der Waals surface area (Å²) >= 11 is 0. The van der Waals surface area contributed by atoms with Gasteiger partial charge in [-0.2, -0.15) is 0 Å². The minimum atomic E-state index is 0. The smallest absolute Gasteiger partial charge is 0.124 e. The average Bonchev–Trinajstić information content (AvgIpc) is 2.88. The molecule has 4 rings (SSSR count). The van der Waals surface area contributed by atoms with Gasteiger partial charge in [0.15, 0.2) is 0 Å². The Hall–Kier alpha value is -4.07. The van der Waals surface area contributed by atoms with E-state index in [9.17, 15) is 10.2 Å². The maximum absolute atomic E-state index is 9.61. The summed E-state index contributed by atoms with van der Waals surface area (Å²) in [6.45, 7) is 0. The Morgan fingerprint density at radius 2 is 0.838 bits per heavy atom. The Morgan fingerprint density at radius 1 is 0.514 bits per heavy atom. The van der Waals surface area contributed by atoms with Crippen molar-refractivity contribution < 1.29 is 27.0 Å². The molecule has 0 atom stereocenters. The van der Waals surface area contributed by atoms with E-state index in [1.165, 1.54) is 0 Å². The van der Waals surface area contributed by atoms with E-state index in [4.69, 9.17) is 0 Å². The molecule has 193 valence electrons. The van der Waals surface area contributed by atoms with Crippen molar-refractivity contribution in [2.45, 2.75) is 0 Å². The number of phenols is 2. The minimum absolute atomic E-state index is 0. The second-order valence-electron chi connectivity index (χ2n) is 8.46. The molecule has 0 aromatic heterocycles. The summed E-state index contributed by atoms with van der Waals surface area (Å²) < 4.78 is 0. The van der Waals surface area contributed by atoms with Crippen LogP contribution in [-0.2, 0) is 16.8 Å². The molecule has 6 nitrogen and oxygen atoms in total. The Kier molecular flexibility index (Phi) is 11.4. The zero-order valence-corrected chi connectivity index (χ0v) is 22.4. The Bertz CT molecular complexity index is 1200. The van der Waals surface area contributed by atoms with Gasteiger partial charge in [0, 0.05) is 79.9 Å². The molecular formula is C30H32CoN4O2. The minimum Gasteiger partial charge on any atom is -0.507 e. The number of benzene rings is 4. The van der Waals surface area contributed by atoms with Crippen LogP contribution in [0.3, 0.4) is 0 Å². The fourth-order valence-corrected chi connectivity index (χ4v) is 3.16. The monoisotopic (exact) mass is 539 g/mol. The van der Waals surface area contributed by atoms with Gasteiger partial charge in [0.2, 0.25) is 0 Å². The van der Waals surface area contributed by atoms with Gasteiger partial charge >= 0.3 is 0 Å². The van der Waals surface area contributed by atoms with Crippen molar-refractivity contribution in [2.24, 2.45) is 9.98 Å². The Morgan fingerprint density at radius 3 is 1.14 bits per heavy atom. The van der Waals surface area contributed by atoms with Gasteiger partial charge in [-0.15, -0.1) is 0 Å². The maximum atomic E-state index is 9.61. The van der Waals surface area contributed by atoms with Crippen LogP contribution < -0.4 is 9.80 Å². The van der Waals surface area contributed by atoms with E-state index in [0.29, 0.717) is 11.1 Å². The summed E-state index contributed by atoms with van der Waals surface area (Å²) in [6, 6.07) is 30.1. The van der Waals surface area contributed by atoms with Gasteiger partial charge in [-0.3, -0.25) is 9.98 Å². The zero-order chi connectivity index (χ0) is 25.9. The molecule has 0 fully saturated rings. The molecule has 0 spiro atoms. The first-order chi connectivity index (χ1) is 17.3. The molecule has 1 radical (unpaired) electrons. The fraction of sp³-hybridized carbons (Fsp3) is 0.133. The van der Waals surface area contributed by atoms with Crippen LogP contribution in [-0.4, -0.2) is 50.8 Å². The van der Waals surface area contributed by atoms with E-state index < -0.39 is 0 Å². The number of aromatic hydroxyl groups is 2. The molecule has 0 saturated carbocycles. The summed E-state index contributed by atoms with van der Waals surface area (Å²) in [4.78, 5) is 12.7. The molecule has 7 heteroatoms. The van der Waals surface area contributed by atoms with Crippen LogP contribution in [0.15, 0.2) is 107 Å². The van der Waals surface area contributed by atoms with Crippen molar-refractivity contribution in [3.63, 3.8) is 0 Å². The van der Waals surface area contributed by atoms with Crippen LogP contribution in [0.4, 0.5) is 22.7 Å². The second kappa shape index (κ2) is 14.5. The summed E-state index contributed by atoms with van der Waals surface area (Å²) in [5, 5.41) is 19.2. The standard InChI is InChI=1S/2C15H16N2O.Co/c2*1-17(2)14-9-7-13(8-10-14)16-11-12-5-3-4-6-15(12)18;/h2*3-11,18H,1-2H3;. The molecule has 0 amide bonds. The number of nitrogens with zero attached hydrogens (tertiary/aromatic N) is 4. The summed E-state index contributed by atoms with van der Waals surface area (Å²) in [6.07, 6.45) is 3.33. The van der Waals surface area contributed by atoms with Gasteiger partial charge in [0.25, 0.3) is 0 Å². The number of rotatable bonds is 6. The molecule has 0 aliphatic heterocycles. The van der Waals surface area contributed by atoms with Gasteiger partial charge in [-0.25, -0.2) is 0 Å². The van der Waals surface area contributed by atoms with Gasteiger partial charge < -0.3 is 20.0 Å². The third kappa shape index (κ3) is 9.14. The number of hydrogen-bond acceptors (Lipinski definition) is 6. The number of hydrogen-bond donors (Lipinski definition) is 2. The molecule has 4 aromatic rings. The van der Waals surface area contributed by atoms with Crippen LogP contribution in [0.25, 0.3) is 0 Å². The first-order valence-corrected chi connectivity index (χ1v) is 11.5. The average molecular weight is 540 g/mol. The van der Waals surface area contributed by atoms with Gasteiger partial charge in [-0.05, 0) is 72.8 Å². The molecule has 0 aliphatic rings. The Labute approximate surface area is 229 Å². The van der Waals surface area contributed by atoms with Gasteiger partial charge in [0.1, 0.15) is 11.5 Å². The molecule has 0 saturated heterocycles. The SMILES string of the molecule is CN(C)c1ccc(N=Cc2ccccc2O)cc1.CN(C)c1ccc(N=Cc2ccccc2O)cc1.[Co]. The van der Waals surface area contributed by atoms with Gasteiger partial charge in [-0.1, -0.05) is 24.3 Å². The summed E-state index contributed by atoms with van der Waals surface area (Å²) in [5.41, 5.74) is 5.43. The number of phenolic OH excluding ortho intramolecular Hbond substituents is 2. The molecule has 4 aromatic carbocycles. The zero-order valence-electron chi connectivity index (χ0n) is 21.4. The largest absolute Gasteiger partial charge is 0.507 e. The van der Waals surface area contributed by atoms with Crippen molar-refractivity contribution in [2.75, 3.05) is 38.0 Å². The Balaban J connectivity index is 0.000000253. The van der Waals surface area contributed by atoms with Crippen molar-refractivity contribution in [3.05, 3.63) is 108 Å². The van der Waals surface area contributed by atoms with E-state index in [-0.39, 0.29) is 28.3 Å². The number of para-hydroxylation sites is 2. The van der Waals surface area contributed by atoms with E-state index in [0.717, 1.165) is 22.7 Å². The first kappa shape index (κ1) is 29.2. The third-order valence-electron chi connectivity index (χ3n) is 5.31. The third-order valence-corrected chi connectivity index (χ3v) is 5.31. The predicted molar refractivity (Wildman–Crippen MR) is 152 cm³/mol. The number of anilines is 2. The van der Waals surface area contributed by atoms with Crippen molar-refractivity contribution in [1.82, 2.24) is 0 Å². The van der Waals surface area contributed by atoms with Crippen molar-refractivity contribution in [1.29, 1.82) is 0 Å². The second-order valence-corrected chi connectivity index (χ2v) is 8.46.